The zero-order valence-electron chi connectivity index (χ0n) is 15.0. The molecule has 3 aromatic rings. The van der Waals surface area contributed by atoms with E-state index in [9.17, 15) is 18.0 Å². The van der Waals surface area contributed by atoms with E-state index in [0.29, 0.717) is 34.9 Å². The Morgan fingerprint density at radius 1 is 1.28 bits per heavy atom. The van der Waals surface area contributed by atoms with Crippen LogP contribution in [0.2, 0.25) is 5.02 Å². The van der Waals surface area contributed by atoms with Crippen molar-refractivity contribution in [3.8, 4) is 17.1 Å². The van der Waals surface area contributed by atoms with Crippen molar-refractivity contribution < 1.29 is 22.6 Å². The molecule has 154 valence electrons. The van der Waals surface area contributed by atoms with Gasteiger partial charge in [-0.3, -0.25) is 4.98 Å². The van der Waals surface area contributed by atoms with Gasteiger partial charge < -0.3 is 9.47 Å². The van der Waals surface area contributed by atoms with Crippen LogP contribution < -0.4 is 10.4 Å². The molecule has 29 heavy (non-hydrogen) atoms. The van der Waals surface area contributed by atoms with E-state index < -0.39 is 24.5 Å². The molecule has 0 radical (unpaired) electrons. The van der Waals surface area contributed by atoms with Crippen LogP contribution in [0.5, 0.6) is 6.01 Å². The third kappa shape index (κ3) is 4.23. The quantitative estimate of drug-likeness (QED) is 0.681. The van der Waals surface area contributed by atoms with Crippen LogP contribution in [0.15, 0.2) is 29.1 Å². The monoisotopic (exact) mass is 428 g/mol. The molecular weight excluding hydrogens is 413 g/mol. The van der Waals surface area contributed by atoms with Gasteiger partial charge in [-0.2, -0.15) is 27.8 Å². The number of ether oxygens (including phenoxy) is 2. The molecule has 0 aliphatic carbocycles. The average Bonchev–Trinajstić information content (AvgIpc) is 3.07. The van der Waals surface area contributed by atoms with E-state index in [-0.39, 0.29) is 11.8 Å². The van der Waals surface area contributed by atoms with Gasteiger partial charge in [0.1, 0.15) is 11.8 Å². The van der Waals surface area contributed by atoms with Crippen molar-refractivity contribution in [1.29, 1.82) is 0 Å². The van der Waals surface area contributed by atoms with Gasteiger partial charge in [0, 0.05) is 11.6 Å². The number of alkyl halides is 3. The van der Waals surface area contributed by atoms with Crippen LogP contribution >= 0.6 is 11.6 Å². The Morgan fingerprint density at radius 3 is 2.69 bits per heavy atom. The Morgan fingerprint density at radius 2 is 2.03 bits per heavy atom. The molecule has 1 aliphatic rings. The average molecular weight is 429 g/mol. The fraction of sp³-hybridized carbons (Fsp3) is 0.389. The third-order valence-corrected chi connectivity index (χ3v) is 4.74. The smallest absolute Gasteiger partial charge is 0.422 e. The number of hydrogen-bond donors (Lipinski definition) is 1. The van der Waals surface area contributed by atoms with Gasteiger partial charge in [-0.1, -0.05) is 23.7 Å². The van der Waals surface area contributed by atoms with Gasteiger partial charge in [-0.05, 0) is 37.0 Å². The van der Waals surface area contributed by atoms with Crippen molar-refractivity contribution in [3.63, 3.8) is 0 Å². The number of nitrogens with one attached hydrogen (secondary N) is 1. The highest BCUT2D eigenvalue weighted by Gasteiger charge is 2.30. The third-order valence-electron chi connectivity index (χ3n) is 4.49. The maximum atomic E-state index is 12.5. The molecule has 4 rings (SSSR count). The van der Waals surface area contributed by atoms with Crippen LogP contribution in [0.25, 0.3) is 16.8 Å². The van der Waals surface area contributed by atoms with Gasteiger partial charge in [0.25, 0.3) is 6.01 Å². The van der Waals surface area contributed by atoms with E-state index in [1.54, 1.807) is 24.3 Å². The Bertz CT molecular complexity index is 1070. The number of aromatic nitrogens is 4. The number of halogens is 4. The lowest BCUT2D eigenvalue weighted by Gasteiger charge is -2.21. The summed E-state index contributed by atoms with van der Waals surface area (Å²) >= 11 is 5.97. The first-order valence-corrected chi connectivity index (χ1v) is 9.30. The molecule has 0 spiro atoms. The number of H-pyrrole nitrogens is 1. The minimum Gasteiger partial charge on any atom is -0.455 e. The number of hydrogen-bond acceptors (Lipinski definition) is 5. The molecule has 1 aliphatic heterocycles. The minimum atomic E-state index is -4.56. The Labute approximate surface area is 167 Å². The summed E-state index contributed by atoms with van der Waals surface area (Å²) in [7, 11) is 0. The standard InChI is InChI=1S/C18H16ClF3N4O3/c19-11-6-4-10(5-7-11)13-14(12-3-1-2-8-28-12)25-26-15(13)23-16(24-17(26)27)29-9-18(20,21)22/h4-7,12H,1-3,8-9H2,(H,23,24,27). The molecular formula is C18H16ClF3N4O3. The van der Waals surface area contributed by atoms with E-state index in [1.807, 2.05) is 0 Å². The predicted molar refractivity (Wildman–Crippen MR) is 98.1 cm³/mol. The fourth-order valence-corrected chi connectivity index (χ4v) is 3.36. The van der Waals surface area contributed by atoms with Crippen molar-refractivity contribution in [1.82, 2.24) is 19.6 Å². The Kier molecular flexibility index (Phi) is 5.22. The summed E-state index contributed by atoms with van der Waals surface area (Å²) in [5, 5.41) is 4.87. The van der Waals surface area contributed by atoms with Gasteiger partial charge in [0.2, 0.25) is 0 Å². The summed E-state index contributed by atoms with van der Waals surface area (Å²) in [6.45, 7) is -1.02. The molecule has 0 saturated carbocycles. The minimum absolute atomic E-state index is 0.0809. The summed E-state index contributed by atoms with van der Waals surface area (Å²) < 4.78 is 49.0. The second kappa shape index (κ2) is 7.68. The van der Waals surface area contributed by atoms with E-state index in [2.05, 4.69) is 19.8 Å². The molecule has 1 saturated heterocycles. The second-order valence-electron chi connectivity index (χ2n) is 6.61. The maximum Gasteiger partial charge on any atom is 0.422 e. The normalized spacial score (nSPS) is 17.6. The molecule has 1 N–H and O–H groups in total. The summed E-state index contributed by atoms with van der Waals surface area (Å²) in [5.41, 5.74) is 0.977. The number of rotatable bonds is 4. The van der Waals surface area contributed by atoms with Crippen LogP contribution in [-0.2, 0) is 4.74 Å². The summed E-state index contributed by atoms with van der Waals surface area (Å²) in [5.74, 6) is 0. The van der Waals surface area contributed by atoms with Gasteiger partial charge in [0.05, 0.1) is 5.56 Å². The van der Waals surface area contributed by atoms with E-state index in [1.165, 1.54) is 0 Å². The van der Waals surface area contributed by atoms with Gasteiger partial charge >= 0.3 is 11.9 Å². The van der Waals surface area contributed by atoms with Crippen molar-refractivity contribution in [2.24, 2.45) is 0 Å². The van der Waals surface area contributed by atoms with E-state index in [0.717, 1.165) is 17.4 Å². The highest BCUT2D eigenvalue weighted by atomic mass is 35.5. The lowest BCUT2D eigenvalue weighted by molar-refractivity contribution is -0.154. The molecule has 3 heterocycles. The van der Waals surface area contributed by atoms with Crippen LogP contribution in [0.3, 0.4) is 0 Å². The molecule has 11 heteroatoms. The van der Waals surface area contributed by atoms with Crippen LogP contribution in [-0.4, -0.2) is 39.0 Å². The lowest BCUT2D eigenvalue weighted by Crippen LogP contribution is -2.24. The zero-order chi connectivity index (χ0) is 20.6. The summed E-state index contributed by atoms with van der Waals surface area (Å²) in [6.07, 6.45) is -2.35. The number of benzene rings is 1. The molecule has 0 amide bonds. The molecule has 1 atom stereocenters. The number of fused-ring (bicyclic) bond motifs is 1. The molecule has 1 unspecified atom stereocenters. The largest absolute Gasteiger partial charge is 0.455 e. The van der Waals surface area contributed by atoms with E-state index >= 15 is 0 Å². The number of aromatic amines is 1. The maximum absolute atomic E-state index is 12.5. The first-order chi connectivity index (χ1) is 13.8. The highest BCUT2D eigenvalue weighted by Crippen LogP contribution is 2.36. The summed E-state index contributed by atoms with van der Waals surface area (Å²) in [4.78, 5) is 18.7. The van der Waals surface area contributed by atoms with Crippen LogP contribution in [0, 0.1) is 0 Å². The van der Waals surface area contributed by atoms with Crippen molar-refractivity contribution in [2.75, 3.05) is 13.2 Å². The first kappa shape index (κ1) is 19.7. The lowest BCUT2D eigenvalue weighted by atomic mass is 9.99. The van der Waals surface area contributed by atoms with Crippen molar-refractivity contribution in [3.05, 3.63) is 45.5 Å². The highest BCUT2D eigenvalue weighted by molar-refractivity contribution is 6.30. The van der Waals surface area contributed by atoms with Crippen molar-refractivity contribution in [2.45, 2.75) is 31.5 Å². The molecule has 1 fully saturated rings. The van der Waals surface area contributed by atoms with Crippen LogP contribution in [0.1, 0.15) is 31.1 Å². The van der Waals surface area contributed by atoms with Crippen LogP contribution in [0.4, 0.5) is 13.2 Å². The Hall–Kier alpha value is -2.59. The van der Waals surface area contributed by atoms with Gasteiger partial charge in [-0.15, -0.1) is 0 Å². The first-order valence-electron chi connectivity index (χ1n) is 8.92. The molecule has 0 bridgehead atoms. The van der Waals surface area contributed by atoms with Gasteiger partial charge in [0.15, 0.2) is 12.3 Å². The van der Waals surface area contributed by atoms with E-state index in [4.69, 9.17) is 16.3 Å². The second-order valence-corrected chi connectivity index (χ2v) is 7.05. The SMILES string of the molecule is O=c1[nH]c(OCC(F)(F)F)nc2c(-c3ccc(Cl)cc3)c(C3CCCCO3)nn12. The topological polar surface area (TPSA) is 81.5 Å². The number of nitrogens with zero attached hydrogens (tertiary/aromatic N) is 3. The molecule has 2 aromatic heterocycles. The predicted octanol–water partition coefficient (Wildman–Crippen LogP) is 3.92. The Balaban J connectivity index is 1.87. The fourth-order valence-electron chi connectivity index (χ4n) is 3.23. The van der Waals surface area contributed by atoms with Crippen molar-refractivity contribution >= 4 is 17.2 Å². The molecule has 1 aromatic carbocycles. The summed E-state index contributed by atoms with van der Waals surface area (Å²) in [6, 6.07) is 6.25. The zero-order valence-corrected chi connectivity index (χ0v) is 15.8. The van der Waals surface area contributed by atoms with Gasteiger partial charge in [-0.25, -0.2) is 4.79 Å². The molecule has 7 nitrogen and oxygen atoms in total.